The van der Waals surface area contributed by atoms with Gasteiger partial charge in [-0.2, -0.15) is 0 Å². The molecule has 1 aliphatic rings. The molecule has 0 saturated carbocycles. The third-order valence-corrected chi connectivity index (χ3v) is 4.83. The second-order valence-corrected chi connectivity index (χ2v) is 6.83. The normalized spacial score (nSPS) is 16.9. The van der Waals surface area contributed by atoms with Crippen molar-refractivity contribution < 1.29 is 9.53 Å². The van der Waals surface area contributed by atoms with Crippen molar-refractivity contribution >= 4 is 17.5 Å². The summed E-state index contributed by atoms with van der Waals surface area (Å²) in [5, 5.41) is 0.700. The Morgan fingerprint density at radius 2 is 1.80 bits per heavy atom. The van der Waals surface area contributed by atoms with E-state index in [1.54, 1.807) is 0 Å². The lowest BCUT2D eigenvalue weighted by atomic mass is 9.94. The summed E-state index contributed by atoms with van der Waals surface area (Å²) >= 11 is 6.06. The lowest BCUT2D eigenvalue weighted by Gasteiger charge is -2.35. The summed E-state index contributed by atoms with van der Waals surface area (Å²) < 4.78 is 6.26. The van der Waals surface area contributed by atoms with Gasteiger partial charge >= 0.3 is 0 Å². The maximum Gasteiger partial charge on any atom is 0.223 e. The molecule has 3 rings (SSSR count). The maximum absolute atomic E-state index is 12.5. The van der Waals surface area contributed by atoms with Gasteiger partial charge in [-0.3, -0.25) is 4.79 Å². The minimum absolute atomic E-state index is 0.121. The highest BCUT2D eigenvalue weighted by atomic mass is 35.5. The SMILES string of the molecule is CCCO[C@@H](c1ccc(Cl)cc1)C(c1ccccc1)N1CCCC1=O. The molecule has 0 spiro atoms. The summed E-state index contributed by atoms with van der Waals surface area (Å²) in [6.45, 7) is 3.52. The first-order valence-electron chi connectivity index (χ1n) is 8.92. The van der Waals surface area contributed by atoms with Crippen LogP contribution in [0.25, 0.3) is 0 Å². The van der Waals surface area contributed by atoms with Gasteiger partial charge in [0.05, 0.1) is 6.04 Å². The fraction of sp³-hybridized carbons (Fsp3) is 0.381. The van der Waals surface area contributed by atoms with E-state index in [4.69, 9.17) is 16.3 Å². The number of nitrogens with zero attached hydrogens (tertiary/aromatic N) is 1. The molecule has 0 aromatic heterocycles. The molecule has 1 amide bonds. The van der Waals surface area contributed by atoms with Crippen molar-refractivity contribution in [1.29, 1.82) is 0 Å². The molecule has 25 heavy (non-hydrogen) atoms. The van der Waals surface area contributed by atoms with Crippen LogP contribution in [-0.4, -0.2) is 24.0 Å². The number of likely N-dealkylation sites (tertiary alicyclic amines) is 1. The van der Waals surface area contributed by atoms with Gasteiger partial charge in [-0.1, -0.05) is 61.0 Å². The first kappa shape index (κ1) is 18.0. The first-order chi connectivity index (χ1) is 12.2. The van der Waals surface area contributed by atoms with Gasteiger partial charge < -0.3 is 9.64 Å². The Bertz CT molecular complexity index is 687. The van der Waals surface area contributed by atoms with Gasteiger partial charge in [0.2, 0.25) is 5.91 Å². The number of benzene rings is 2. The molecule has 1 aliphatic heterocycles. The molecule has 1 saturated heterocycles. The van der Waals surface area contributed by atoms with Crippen molar-refractivity contribution in [2.75, 3.05) is 13.2 Å². The molecule has 3 nitrogen and oxygen atoms in total. The third kappa shape index (κ3) is 4.23. The quantitative estimate of drug-likeness (QED) is 0.684. The van der Waals surface area contributed by atoms with E-state index in [0.717, 1.165) is 30.5 Å². The van der Waals surface area contributed by atoms with Crippen LogP contribution < -0.4 is 0 Å². The molecule has 1 fully saturated rings. The number of halogens is 1. The standard InChI is InChI=1S/C21H24ClNO2/c1-2-15-25-21(17-10-12-18(22)13-11-17)20(16-7-4-3-5-8-16)23-14-6-9-19(23)24/h3-5,7-8,10-13,20-21H,2,6,9,14-15H2,1H3/t20?,21-/m0/s1. The monoisotopic (exact) mass is 357 g/mol. The van der Waals surface area contributed by atoms with E-state index in [0.29, 0.717) is 18.1 Å². The Kier molecular flexibility index (Phi) is 6.11. The van der Waals surface area contributed by atoms with Gasteiger partial charge in [-0.25, -0.2) is 0 Å². The van der Waals surface area contributed by atoms with Crippen molar-refractivity contribution in [2.45, 2.75) is 38.3 Å². The van der Waals surface area contributed by atoms with Crippen LogP contribution in [-0.2, 0) is 9.53 Å². The summed E-state index contributed by atoms with van der Waals surface area (Å²) in [4.78, 5) is 14.5. The number of rotatable bonds is 7. The molecule has 1 heterocycles. The van der Waals surface area contributed by atoms with Crippen LogP contribution >= 0.6 is 11.6 Å². The molecule has 2 atom stereocenters. The fourth-order valence-electron chi connectivity index (χ4n) is 3.40. The van der Waals surface area contributed by atoms with Gasteiger partial charge in [0.25, 0.3) is 0 Å². The molecule has 2 aromatic carbocycles. The van der Waals surface area contributed by atoms with Crippen molar-refractivity contribution in [1.82, 2.24) is 4.90 Å². The molecule has 4 heteroatoms. The minimum Gasteiger partial charge on any atom is -0.371 e. The van der Waals surface area contributed by atoms with Crippen molar-refractivity contribution in [3.63, 3.8) is 0 Å². The van der Waals surface area contributed by atoms with Crippen LogP contribution in [0, 0.1) is 0 Å². The predicted molar refractivity (Wildman–Crippen MR) is 101 cm³/mol. The van der Waals surface area contributed by atoms with Gasteiger partial charge in [-0.05, 0) is 36.1 Å². The fourth-order valence-corrected chi connectivity index (χ4v) is 3.52. The van der Waals surface area contributed by atoms with Gasteiger partial charge in [-0.15, -0.1) is 0 Å². The zero-order valence-corrected chi connectivity index (χ0v) is 15.3. The zero-order chi connectivity index (χ0) is 17.6. The second-order valence-electron chi connectivity index (χ2n) is 6.39. The van der Waals surface area contributed by atoms with Gasteiger partial charge in [0.1, 0.15) is 6.10 Å². The summed E-state index contributed by atoms with van der Waals surface area (Å²) in [7, 11) is 0. The van der Waals surface area contributed by atoms with Crippen LogP contribution in [0.2, 0.25) is 5.02 Å². The van der Waals surface area contributed by atoms with Crippen molar-refractivity contribution in [2.24, 2.45) is 0 Å². The van der Waals surface area contributed by atoms with Crippen LogP contribution in [0.4, 0.5) is 0 Å². The Labute approximate surface area is 154 Å². The van der Waals surface area contributed by atoms with Gasteiger partial charge in [0, 0.05) is 24.6 Å². The number of hydrogen-bond acceptors (Lipinski definition) is 2. The molecule has 132 valence electrons. The van der Waals surface area contributed by atoms with Crippen LogP contribution in [0.5, 0.6) is 0 Å². The topological polar surface area (TPSA) is 29.5 Å². The van der Waals surface area contributed by atoms with Crippen LogP contribution in [0.3, 0.4) is 0 Å². The number of amides is 1. The molecule has 0 radical (unpaired) electrons. The third-order valence-electron chi connectivity index (χ3n) is 4.57. The van der Waals surface area contributed by atoms with Crippen molar-refractivity contribution in [3.05, 3.63) is 70.7 Å². The van der Waals surface area contributed by atoms with Gasteiger partial charge in [0.15, 0.2) is 0 Å². The maximum atomic E-state index is 12.5. The Morgan fingerprint density at radius 3 is 2.40 bits per heavy atom. The Hall–Kier alpha value is -1.84. The number of hydrogen-bond donors (Lipinski definition) is 0. The minimum atomic E-state index is -0.207. The summed E-state index contributed by atoms with van der Waals surface area (Å²) in [6, 6.07) is 17.8. The Morgan fingerprint density at radius 1 is 1.08 bits per heavy atom. The van der Waals surface area contributed by atoms with E-state index in [-0.39, 0.29) is 18.1 Å². The van der Waals surface area contributed by atoms with Crippen molar-refractivity contribution in [3.8, 4) is 0 Å². The van der Waals surface area contributed by atoms with E-state index in [2.05, 4.69) is 19.1 Å². The lowest BCUT2D eigenvalue weighted by Crippen LogP contribution is -2.35. The molecule has 1 unspecified atom stereocenters. The first-order valence-corrected chi connectivity index (χ1v) is 9.30. The van der Waals surface area contributed by atoms with Crippen LogP contribution in [0.1, 0.15) is 49.5 Å². The molecule has 2 aromatic rings. The molecule has 0 N–H and O–H groups in total. The summed E-state index contributed by atoms with van der Waals surface area (Å²) in [5.41, 5.74) is 2.15. The van der Waals surface area contributed by atoms with E-state index in [1.165, 1.54) is 0 Å². The number of carbonyl (C=O) groups is 1. The van der Waals surface area contributed by atoms with Crippen LogP contribution in [0.15, 0.2) is 54.6 Å². The summed E-state index contributed by atoms with van der Waals surface area (Å²) in [6.07, 6.45) is 2.24. The smallest absolute Gasteiger partial charge is 0.223 e. The largest absolute Gasteiger partial charge is 0.371 e. The lowest BCUT2D eigenvalue weighted by molar-refractivity contribution is -0.133. The molecular weight excluding hydrogens is 334 g/mol. The highest BCUT2D eigenvalue weighted by molar-refractivity contribution is 6.30. The van der Waals surface area contributed by atoms with E-state index in [9.17, 15) is 4.79 Å². The molecule has 0 aliphatic carbocycles. The number of ether oxygens (including phenoxy) is 1. The molecule has 0 bridgehead atoms. The van der Waals surface area contributed by atoms with E-state index < -0.39 is 0 Å². The highest BCUT2D eigenvalue weighted by Crippen LogP contribution is 2.39. The summed E-state index contributed by atoms with van der Waals surface area (Å²) in [5.74, 6) is 0.202. The average Bonchev–Trinajstić information content (AvgIpc) is 3.06. The van der Waals surface area contributed by atoms with E-state index in [1.807, 2.05) is 47.4 Å². The highest BCUT2D eigenvalue weighted by Gasteiger charge is 2.36. The average molecular weight is 358 g/mol. The number of carbonyl (C=O) groups excluding carboxylic acids is 1. The Balaban J connectivity index is 2.02. The zero-order valence-electron chi connectivity index (χ0n) is 14.5. The predicted octanol–water partition coefficient (Wildman–Crippen LogP) is 5.17. The second kappa shape index (κ2) is 8.50. The molecular formula is C21H24ClNO2. The van der Waals surface area contributed by atoms with E-state index >= 15 is 0 Å².